The summed E-state index contributed by atoms with van der Waals surface area (Å²) in [6, 6.07) is 23.4. The van der Waals surface area contributed by atoms with Gasteiger partial charge in [-0.25, -0.2) is 9.78 Å². The second-order valence-electron chi connectivity index (χ2n) is 9.89. The number of alkyl halides is 3. The number of piperazine rings is 1. The summed E-state index contributed by atoms with van der Waals surface area (Å²) >= 11 is 1.35. The number of anilines is 1. The van der Waals surface area contributed by atoms with Crippen molar-refractivity contribution in [2.45, 2.75) is 12.8 Å². The SMILES string of the molecule is Cn1c(=O)c2c(OCc3ccccc3)c(C(=O)N3CCN(c4ccccn4)CC3)sc2c2ccccc21.O=C(O)C(F)(F)F. The van der Waals surface area contributed by atoms with Crippen LogP contribution in [0.25, 0.3) is 21.0 Å². The molecule has 1 amide bonds. The molecule has 228 valence electrons. The van der Waals surface area contributed by atoms with Crippen LogP contribution in [0.4, 0.5) is 19.0 Å². The molecule has 0 spiro atoms. The van der Waals surface area contributed by atoms with Crippen molar-refractivity contribution >= 4 is 50.0 Å². The molecule has 4 heterocycles. The van der Waals surface area contributed by atoms with Crippen LogP contribution in [0.15, 0.2) is 83.8 Å². The Kier molecular flexibility index (Phi) is 8.86. The summed E-state index contributed by atoms with van der Waals surface area (Å²) in [6.45, 7) is 2.80. The number of carbonyl (C=O) groups excluding carboxylic acids is 1. The highest BCUT2D eigenvalue weighted by atomic mass is 32.1. The lowest BCUT2D eigenvalue weighted by molar-refractivity contribution is -0.192. The number of hydrogen-bond donors (Lipinski definition) is 1. The minimum atomic E-state index is -5.08. The molecule has 1 aliphatic heterocycles. The van der Waals surface area contributed by atoms with Crippen molar-refractivity contribution in [2.24, 2.45) is 7.05 Å². The highest BCUT2D eigenvalue weighted by molar-refractivity contribution is 7.22. The van der Waals surface area contributed by atoms with Gasteiger partial charge < -0.3 is 24.2 Å². The molecule has 0 bridgehead atoms. The Bertz CT molecular complexity index is 1850. The molecule has 0 saturated carbocycles. The average molecular weight is 625 g/mol. The number of fused-ring (bicyclic) bond motifs is 3. The highest BCUT2D eigenvalue weighted by Gasteiger charge is 2.38. The van der Waals surface area contributed by atoms with Gasteiger partial charge in [-0.3, -0.25) is 9.59 Å². The molecule has 3 aromatic heterocycles. The lowest BCUT2D eigenvalue weighted by Crippen LogP contribution is -2.49. The van der Waals surface area contributed by atoms with E-state index in [1.54, 1.807) is 17.8 Å². The smallest absolute Gasteiger partial charge is 0.486 e. The first-order valence-electron chi connectivity index (χ1n) is 13.5. The van der Waals surface area contributed by atoms with Gasteiger partial charge in [0.25, 0.3) is 11.5 Å². The fourth-order valence-electron chi connectivity index (χ4n) is 4.87. The normalized spacial score (nSPS) is 13.5. The van der Waals surface area contributed by atoms with Gasteiger partial charge >= 0.3 is 12.1 Å². The molecule has 0 atom stereocenters. The average Bonchev–Trinajstić information content (AvgIpc) is 3.43. The third-order valence-corrected chi connectivity index (χ3v) is 8.29. The van der Waals surface area contributed by atoms with Crippen LogP contribution < -0.4 is 15.2 Å². The molecule has 0 radical (unpaired) electrons. The van der Waals surface area contributed by atoms with Crippen LogP contribution in [-0.4, -0.2) is 63.8 Å². The van der Waals surface area contributed by atoms with E-state index in [2.05, 4.69) is 9.88 Å². The maximum Gasteiger partial charge on any atom is 0.490 e. The summed E-state index contributed by atoms with van der Waals surface area (Å²) in [7, 11) is 1.76. The Labute approximate surface area is 253 Å². The lowest BCUT2D eigenvalue weighted by atomic mass is 10.1. The molecule has 0 aliphatic carbocycles. The van der Waals surface area contributed by atoms with Crippen LogP contribution in [0.5, 0.6) is 5.75 Å². The fourth-order valence-corrected chi connectivity index (χ4v) is 6.11. The van der Waals surface area contributed by atoms with E-state index < -0.39 is 12.1 Å². The third kappa shape index (κ3) is 6.37. The number of carbonyl (C=O) groups is 2. The van der Waals surface area contributed by atoms with Crippen molar-refractivity contribution < 1.29 is 32.6 Å². The number of halogens is 3. The second-order valence-corrected chi connectivity index (χ2v) is 10.9. The molecular formula is C31H27F3N4O5S. The number of carboxylic acid groups (broad SMARTS) is 1. The number of ether oxygens (including phenoxy) is 1. The number of thiophene rings is 1. The van der Waals surface area contributed by atoms with E-state index in [0.29, 0.717) is 42.2 Å². The molecule has 5 aromatic rings. The van der Waals surface area contributed by atoms with Crippen molar-refractivity contribution in [1.82, 2.24) is 14.5 Å². The van der Waals surface area contributed by atoms with Crippen LogP contribution in [0.2, 0.25) is 0 Å². The van der Waals surface area contributed by atoms with E-state index in [1.807, 2.05) is 77.7 Å². The van der Waals surface area contributed by atoms with Crippen molar-refractivity contribution in [3.05, 3.63) is 99.8 Å². The zero-order chi connectivity index (χ0) is 31.4. The maximum atomic E-state index is 13.9. The number of benzene rings is 2. The molecular weight excluding hydrogens is 597 g/mol. The number of hydrogen-bond acceptors (Lipinski definition) is 7. The monoisotopic (exact) mass is 624 g/mol. The van der Waals surface area contributed by atoms with Gasteiger partial charge in [0.05, 0.1) is 10.2 Å². The van der Waals surface area contributed by atoms with E-state index in [-0.39, 0.29) is 18.1 Å². The van der Waals surface area contributed by atoms with Gasteiger partial charge in [0.15, 0.2) is 5.75 Å². The molecule has 44 heavy (non-hydrogen) atoms. The summed E-state index contributed by atoms with van der Waals surface area (Å²) in [5.74, 6) is -1.56. The van der Waals surface area contributed by atoms with Crippen molar-refractivity contribution in [3.63, 3.8) is 0 Å². The topological polar surface area (TPSA) is 105 Å². The quantitative estimate of drug-likeness (QED) is 0.282. The lowest BCUT2D eigenvalue weighted by Gasteiger charge is -2.35. The molecule has 1 aliphatic rings. The summed E-state index contributed by atoms with van der Waals surface area (Å²) in [5.41, 5.74) is 1.65. The number of nitrogens with zero attached hydrogens (tertiary/aromatic N) is 4. The summed E-state index contributed by atoms with van der Waals surface area (Å²) in [4.78, 5) is 45.3. The molecule has 9 nitrogen and oxygen atoms in total. The predicted molar refractivity (Wildman–Crippen MR) is 161 cm³/mol. The van der Waals surface area contributed by atoms with E-state index >= 15 is 0 Å². The Morgan fingerprint density at radius 1 is 0.955 bits per heavy atom. The number of rotatable bonds is 5. The second kappa shape index (κ2) is 12.8. The zero-order valence-electron chi connectivity index (χ0n) is 23.5. The maximum absolute atomic E-state index is 13.9. The van der Waals surface area contributed by atoms with Gasteiger partial charge in [0.2, 0.25) is 0 Å². The molecule has 0 unspecified atom stereocenters. The first kappa shape index (κ1) is 30.5. The van der Waals surface area contributed by atoms with Crippen LogP contribution >= 0.6 is 11.3 Å². The number of amides is 1. The largest absolute Gasteiger partial charge is 0.490 e. The number of carboxylic acids is 1. The van der Waals surface area contributed by atoms with Crippen molar-refractivity contribution in [2.75, 3.05) is 31.1 Å². The highest BCUT2D eigenvalue weighted by Crippen LogP contribution is 2.40. The Morgan fingerprint density at radius 2 is 1.59 bits per heavy atom. The van der Waals surface area contributed by atoms with Crippen molar-refractivity contribution in [3.8, 4) is 5.75 Å². The number of para-hydroxylation sites is 1. The van der Waals surface area contributed by atoms with Gasteiger partial charge in [0.1, 0.15) is 22.7 Å². The van der Waals surface area contributed by atoms with Crippen molar-refractivity contribution in [1.29, 1.82) is 0 Å². The first-order chi connectivity index (χ1) is 21.1. The molecule has 1 saturated heterocycles. The van der Waals surface area contributed by atoms with E-state index in [9.17, 15) is 22.8 Å². The van der Waals surface area contributed by atoms with Gasteiger partial charge in [-0.15, -0.1) is 11.3 Å². The molecule has 1 fully saturated rings. The number of aromatic nitrogens is 2. The van der Waals surface area contributed by atoms with Gasteiger partial charge in [-0.2, -0.15) is 13.2 Å². The van der Waals surface area contributed by atoms with E-state index in [4.69, 9.17) is 14.6 Å². The Morgan fingerprint density at radius 3 is 2.23 bits per heavy atom. The van der Waals surface area contributed by atoms with Crippen LogP contribution in [-0.2, 0) is 18.4 Å². The first-order valence-corrected chi connectivity index (χ1v) is 14.3. The number of pyridine rings is 2. The van der Waals surface area contributed by atoms with Gasteiger partial charge in [-0.05, 0) is 23.8 Å². The van der Waals surface area contributed by atoms with Gasteiger partial charge in [-0.1, -0.05) is 54.6 Å². The van der Waals surface area contributed by atoms with Gasteiger partial charge in [0, 0.05) is 44.8 Å². The predicted octanol–water partition coefficient (Wildman–Crippen LogP) is 5.32. The standard InChI is InChI=1S/C29H26N4O3S.C2HF3O2/c1-31-22-12-6-5-11-21(22)26-24(28(31)34)25(36-19-20-9-3-2-4-10-20)27(37-26)29(35)33-17-15-32(16-18-33)23-13-7-8-14-30-23;3-2(4,5)1(6)7/h2-14H,15-19H2,1H3;(H,6,7). The summed E-state index contributed by atoms with van der Waals surface area (Å²) < 4.78 is 40.5. The number of aryl methyl sites for hydroxylation is 1. The Hall–Kier alpha value is -4.91. The van der Waals surface area contributed by atoms with Crippen LogP contribution in [0.1, 0.15) is 15.2 Å². The molecule has 6 rings (SSSR count). The van der Waals surface area contributed by atoms with Crippen LogP contribution in [0.3, 0.4) is 0 Å². The van der Waals surface area contributed by atoms with Crippen LogP contribution in [0, 0.1) is 0 Å². The molecule has 1 N–H and O–H groups in total. The number of aliphatic carboxylic acids is 1. The minimum absolute atomic E-state index is 0.101. The Balaban J connectivity index is 0.000000493. The van der Waals surface area contributed by atoms with E-state index in [1.165, 1.54) is 11.3 Å². The summed E-state index contributed by atoms with van der Waals surface area (Å²) in [5, 5.41) is 8.53. The fraction of sp³-hybridized carbons (Fsp3) is 0.226. The zero-order valence-corrected chi connectivity index (χ0v) is 24.3. The minimum Gasteiger partial charge on any atom is -0.486 e. The molecule has 13 heteroatoms. The summed E-state index contributed by atoms with van der Waals surface area (Å²) in [6.07, 6.45) is -3.30. The third-order valence-electron chi connectivity index (χ3n) is 7.10. The molecule has 2 aromatic carbocycles. The van der Waals surface area contributed by atoms with E-state index in [0.717, 1.165) is 27.0 Å².